The molecular formula is C32H48N4O9. The van der Waals surface area contributed by atoms with Gasteiger partial charge >= 0.3 is 5.97 Å². The SMILES string of the molecule is CC(=O)N[C@@H](CCc1ccccc1)C(=O)N[C@@H](CC(C)C)C(=O)N[C@@H](COCC(=O)O)C(=O)N[C@@H](CC(C)C)C(=O)[C@@]1(C)CO1. The van der Waals surface area contributed by atoms with Crippen molar-refractivity contribution in [2.75, 3.05) is 19.8 Å². The van der Waals surface area contributed by atoms with E-state index < -0.39 is 72.6 Å². The molecule has 13 heteroatoms. The normalized spacial score (nSPS) is 18.3. The van der Waals surface area contributed by atoms with Crippen molar-refractivity contribution in [1.82, 2.24) is 21.3 Å². The van der Waals surface area contributed by atoms with Gasteiger partial charge in [0.2, 0.25) is 23.6 Å². The molecule has 0 unspecified atom stereocenters. The molecule has 45 heavy (non-hydrogen) atoms. The summed E-state index contributed by atoms with van der Waals surface area (Å²) in [5, 5.41) is 19.7. The monoisotopic (exact) mass is 632 g/mol. The number of carboxylic acid groups (broad SMARTS) is 1. The third-order valence-electron chi connectivity index (χ3n) is 7.18. The first-order valence-electron chi connectivity index (χ1n) is 15.3. The van der Waals surface area contributed by atoms with Gasteiger partial charge in [-0.2, -0.15) is 0 Å². The molecule has 4 amide bonds. The largest absolute Gasteiger partial charge is 0.480 e. The lowest BCUT2D eigenvalue weighted by molar-refractivity contribution is -0.144. The molecule has 5 N–H and O–H groups in total. The third-order valence-corrected chi connectivity index (χ3v) is 7.18. The fourth-order valence-electron chi connectivity index (χ4n) is 4.76. The zero-order valence-electron chi connectivity index (χ0n) is 27.0. The van der Waals surface area contributed by atoms with Gasteiger partial charge in [-0.1, -0.05) is 58.0 Å². The van der Waals surface area contributed by atoms with Gasteiger partial charge in [0, 0.05) is 6.92 Å². The Labute approximate surface area is 264 Å². The maximum absolute atomic E-state index is 13.6. The molecule has 1 aliphatic rings. The summed E-state index contributed by atoms with van der Waals surface area (Å²) in [7, 11) is 0. The maximum Gasteiger partial charge on any atom is 0.329 e. The van der Waals surface area contributed by atoms with Crippen LogP contribution in [0.3, 0.4) is 0 Å². The number of aliphatic carboxylic acids is 1. The van der Waals surface area contributed by atoms with Crippen LogP contribution in [0.1, 0.15) is 66.4 Å². The lowest BCUT2D eigenvalue weighted by Crippen LogP contribution is -2.59. The quantitative estimate of drug-likeness (QED) is 0.131. The molecule has 0 aliphatic carbocycles. The first kappa shape index (κ1) is 37.3. The molecule has 250 valence electrons. The van der Waals surface area contributed by atoms with Crippen molar-refractivity contribution in [3.05, 3.63) is 35.9 Å². The van der Waals surface area contributed by atoms with Crippen molar-refractivity contribution >= 4 is 35.4 Å². The van der Waals surface area contributed by atoms with Crippen molar-refractivity contribution in [2.24, 2.45) is 11.8 Å². The number of hydrogen-bond acceptors (Lipinski definition) is 8. The highest BCUT2D eigenvalue weighted by Gasteiger charge is 2.50. The Balaban J connectivity index is 2.22. The van der Waals surface area contributed by atoms with Crippen molar-refractivity contribution in [1.29, 1.82) is 0 Å². The van der Waals surface area contributed by atoms with Gasteiger partial charge in [-0.15, -0.1) is 0 Å². The number of ketones is 1. The number of benzene rings is 1. The van der Waals surface area contributed by atoms with Gasteiger partial charge in [-0.05, 0) is 50.0 Å². The second-order valence-corrected chi connectivity index (χ2v) is 12.5. The number of nitrogens with one attached hydrogen (secondary N) is 4. The average Bonchev–Trinajstić information content (AvgIpc) is 3.71. The molecule has 1 aromatic carbocycles. The molecule has 2 rings (SSSR count). The van der Waals surface area contributed by atoms with Crippen LogP contribution in [0.2, 0.25) is 0 Å². The van der Waals surface area contributed by atoms with Crippen LogP contribution >= 0.6 is 0 Å². The van der Waals surface area contributed by atoms with Crippen LogP contribution in [0.4, 0.5) is 0 Å². The van der Waals surface area contributed by atoms with Crippen LogP contribution in [-0.4, -0.2) is 90.1 Å². The molecule has 1 saturated heterocycles. The standard InChI is InChI=1S/C32H48N4O9/c1-19(2)14-24(28(40)32(6)18-45-32)34-31(43)26(16-44-17-27(38)39)36-30(42)25(15-20(3)4)35-29(41)23(33-21(5)37)13-12-22-10-8-7-9-11-22/h7-11,19-20,23-26H,12-18H2,1-6H3,(H,33,37)(H,34,43)(H,35,41)(H,36,42)(H,38,39)/t23-,24-,25-,26-,32+/m0/s1. The van der Waals surface area contributed by atoms with E-state index in [-0.39, 0.29) is 37.1 Å². The van der Waals surface area contributed by atoms with Gasteiger partial charge in [0.1, 0.15) is 30.3 Å². The fraction of sp³-hybridized carbons (Fsp3) is 0.625. The predicted molar refractivity (Wildman–Crippen MR) is 165 cm³/mol. The topological polar surface area (TPSA) is 193 Å². The van der Waals surface area contributed by atoms with E-state index in [1.54, 1.807) is 6.92 Å². The number of carboxylic acids is 1. The number of carbonyl (C=O) groups is 6. The van der Waals surface area contributed by atoms with Crippen LogP contribution in [0.15, 0.2) is 30.3 Å². The highest BCUT2D eigenvalue weighted by molar-refractivity contribution is 5.98. The summed E-state index contributed by atoms with van der Waals surface area (Å²) in [6.07, 6.45) is 1.31. The number of hydrogen-bond donors (Lipinski definition) is 5. The number of amides is 4. The molecule has 0 saturated carbocycles. The number of carbonyl (C=O) groups excluding carboxylic acids is 5. The van der Waals surface area contributed by atoms with Crippen LogP contribution in [0.5, 0.6) is 0 Å². The Morgan fingerprint density at radius 3 is 1.87 bits per heavy atom. The Morgan fingerprint density at radius 2 is 1.33 bits per heavy atom. The van der Waals surface area contributed by atoms with Gasteiger partial charge in [0.25, 0.3) is 0 Å². The maximum atomic E-state index is 13.6. The fourth-order valence-corrected chi connectivity index (χ4v) is 4.76. The highest BCUT2D eigenvalue weighted by atomic mass is 16.6. The van der Waals surface area contributed by atoms with E-state index in [2.05, 4.69) is 21.3 Å². The summed E-state index contributed by atoms with van der Waals surface area (Å²) < 4.78 is 10.4. The van der Waals surface area contributed by atoms with E-state index in [1.165, 1.54) is 6.92 Å². The summed E-state index contributed by atoms with van der Waals surface area (Å²) in [4.78, 5) is 76.4. The molecule has 1 fully saturated rings. The average molecular weight is 633 g/mol. The number of epoxide rings is 1. The Kier molecular flexibility index (Phi) is 14.6. The lowest BCUT2D eigenvalue weighted by Gasteiger charge is -2.27. The van der Waals surface area contributed by atoms with Crippen molar-refractivity contribution in [2.45, 2.75) is 97.0 Å². The van der Waals surface area contributed by atoms with Gasteiger partial charge in [-0.3, -0.25) is 24.0 Å². The van der Waals surface area contributed by atoms with E-state index in [4.69, 9.17) is 14.6 Å². The Hall–Kier alpha value is -3.84. The van der Waals surface area contributed by atoms with Crippen molar-refractivity contribution in [3.8, 4) is 0 Å². The molecule has 1 aliphatic heterocycles. The molecule has 0 radical (unpaired) electrons. The Morgan fingerprint density at radius 1 is 0.822 bits per heavy atom. The zero-order chi connectivity index (χ0) is 33.7. The molecule has 5 atom stereocenters. The first-order valence-corrected chi connectivity index (χ1v) is 15.3. The van der Waals surface area contributed by atoms with Crippen LogP contribution in [-0.2, 0) is 44.7 Å². The van der Waals surface area contributed by atoms with E-state index in [1.807, 2.05) is 58.0 Å². The summed E-state index contributed by atoms with van der Waals surface area (Å²) in [5.74, 6) is -3.99. The van der Waals surface area contributed by atoms with Crippen LogP contribution in [0.25, 0.3) is 0 Å². The summed E-state index contributed by atoms with van der Waals surface area (Å²) in [6, 6.07) is 5.16. The molecule has 0 bridgehead atoms. The van der Waals surface area contributed by atoms with Crippen LogP contribution in [0, 0.1) is 11.8 Å². The molecule has 1 heterocycles. The minimum absolute atomic E-state index is 0.0435. The first-order chi connectivity index (χ1) is 21.1. The minimum atomic E-state index is -1.37. The second-order valence-electron chi connectivity index (χ2n) is 12.5. The summed E-state index contributed by atoms with van der Waals surface area (Å²) in [6.45, 7) is 9.47. The highest BCUT2D eigenvalue weighted by Crippen LogP contribution is 2.29. The number of Topliss-reactive ketones (excluding diaryl/α,β-unsaturated/α-hetero) is 1. The summed E-state index contributed by atoms with van der Waals surface area (Å²) >= 11 is 0. The predicted octanol–water partition coefficient (Wildman–Crippen LogP) is 1.13. The summed E-state index contributed by atoms with van der Waals surface area (Å²) in [5.41, 5.74) is -0.0213. The number of aryl methyl sites for hydroxylation is 1. The van der Waals surface area contributed by atoms with Gasteiger partial charge < -0.3 is 35.8 Å². The van der Waals surface area contributed by atoms with Crippen molar-refractivity contribution < 1.29 is 43.3 Å². The van der Waals surface area contributed by atoms with Crippen molar-refractivity contribution in [3.63, 3.8) is 0 Å². The zero-order valence-corrected chi connectivity index (χ0v) is 27.0. The molecule has 13 nitrogen and oxygen atoms in total. The lowest BCUT2D eigenvalue weighted by atomic mass is 9.93. The minimum Gasteiger partial charge on any atom is -0.480 e. The second kappa shape index (κ2) is 17.6. The van der Waals surface area contributed by atoms with E-state index in [9.17, 15) is 28.8 Å². The number of rotatable bonds is 20. The van der Waals surface area contributed by atoms with Gasteiger partial charge in [0.05, 0.1) is 19.3 Å². The van der Waals surface area contributed by atoms with Gasteiger partial charge in [-0.25, -0.2) is 4.79 Å². The van der Waals surface area contributed by atoms with E-state index in [0.717, 1.165) is 5.56 Å². The molecular weight excluding hydrogens is 584 g/mol. The molecule has 1 aromatic rings. The molecule has 0 aromatic heterocycles. The van der Waals surface area contributed by atoms with Gasteiger partial charge in [0.15, 0.2) is 5.78 Å². The van der Waals surface area contributed by atoms with Crippen LogP contribution < -0.4 is 21.3 Å². The Bertz CT molecular complexity index is 1180. The van der Waals surface area contributed by atoms with E-state index >= 15 is 0 Å². The molecule has 0 spiro atoms. The van der Waals surface area contributed by atoms with E-state index in [0.29, 0.717) is 12.8 Å². The number of ether oxygens (including phenoxy) is 2. The third kappa shape index (κ3) is 13.4. The smallest absolute Gasteiger partial charge is 0.329 e.